The predicted molar refractivity (Wildman–Crippen MR) is 92.4 cm³/mol. The highest BCUT2D eigenvalue weighted by molar-refractivity contribution is 6.07. The summed E-state index contributed by atoms with van der Waals surface area (Å²) in [6.07, 6.45) is 0. The van der Waals surface area contributed by atoms with Gasteiger partial charge in [-0.2, -0.15) is 0 Å². The number of urea groups is 1. The highest BCUT2D eigenvalue weighted by atomic mass is 19.1. The fraction of sp³-hybridized carbons (Fsp3) is 0.263. The zero-order valence-corrected chi connectivity index (χ0v) is 14.7. The summed E-state index contributed by atoms with van der Waals surface area (Å²) in [5.74, 6) is 0.172. The smallest absolute Gasteiger partial charge is 0.325 e. The van der Waals surface area contributed by atoms with E-state index in [9.17, 15) is 14.0 Å². The number of imide groups is 1. The lowest BCUT2D eigenvalue weighted by Crippen LogP contribution is -2.40. The molecule has 0 aromatic heterocycles. The van der Waals surface area contributed by atoms with Gasteiger partial charge in [0.05, 0.1) is 20.8 Å². The van der Waals surface area contributed by atoms with Crippen LogP contribution < -0.4 is 14.8 Å². The summed E-state index contributed by atoms with van der Waals surface area (Å²) in [7, 11) is 3.00. The molecular formula is C19H19FN2O4. The van der Waals surface area contributed by atoms with E-state index in [2.05, 4.69) is 5.32 Å². The van der Waals surface area contributed by atoms with Crippen molar-refractivity contribution in [1.29, 1.82) is 0 Å². The van der Waals surface area contributed by atoms with E-state index in [-0.39, 0.29) is 6.54 Å². The number of amides is 3. The lowest BCUT2D eigenvalue weighted by Gasteiger charge is -2.22. The van der Waals surface area contributed by atoms with Crippen molar-refractivity contribution in [2.45, 2.75) is 19.0 Å². The van der Waals surface area contributed by atoms with Crippen LogP contribution in [-0.2, 0) is 16.9 Å². The molecule has 26 heavy (non-hydrogen) atoms. The third-order valence-corrected chi connectivity index (χ3v) is 4.51. The molecule has 1 heterocycles. The molecule has 3 rings (SSSR count). The van der Waals surface area contributed by atoms with Crippen LogP contribution in [0.1, 0.15) is 18.1 Å². The molecule has 1 N–H and O–H groups in total. The van der Waals surface area contributed by atoms with Crippen molar-refractivity contribution in [3.05, 3.63) is 59.4 Å². The van der Waals surface area contributed by atoms with Crippen molar-refractivity contribution in [2.24, 2.45) is 0 Å². The maximum Gasteiger partial charge on any atom is 0.325 e. The standard InChI is InChI=1S/C19H19FN2O4/c1-19(13-4-7-15(25-2)8-5-13)17(23)22(18(24)21-19)11-12-10-14(20)6-9-16(12)26-3/h4-10H,11H2,1-3H3,(H,21,24). The van der Waals surface area contributed by atoms with Crippen molar-refractivity contribution >= 4 is 11.9 Å². The van der Waals surface area contributed by atoms with Crippen LogP contribution in [0.2, 0.25) is 0 Å². The Balaban J connectivity index is 1.90. The second kappa shape index (κ2) is 6.67. The molecule has 1 aliphatic heterocycles. The maximum absolute atomic E-state index is 13.6. The van der Waals surface area contributed by atoms with Crippen LogP contribution in [0, 0.1) is 5.82 Å². The summed E-state index contributed by atoms with van der Waals surface area (Å²) in [6, 6.07) is 10.3. The van der Waals surface area contributed by atoms with Crippen LogP contribution in [0.15, 0.2) is 42.5 Å². The molecule has 0 radical (unpaired) electrons. The number of nitrogens with one attached hydrogen (secondary N) is 1. The average Bonchev–Trinajstić information content (AvgIpc) is 2.86. The van der Waals surface area contributed by atoms with Crippen LogP contribution >= 0.6 is 0 Å². The van der Waals surface area contributed by atoms with E-state index in [0.29, 0.717) is 22.6 Å². The Morgan fingerprint density at radius 3 is 2.38 bits per heavy atom. The van der Waals surface area contributed by atoms with E-state index in [1.807, 2.05) is 0 Å². The topological polar surface area (TPSA) is 67.9 Å². The third-order valence-electron chi connectivity index (χ3n) is 4.51. The highest BCUT2D eigenvalue weighted by Gasteiger charge is 2.49. The minimum atomic E-state index is -1.20. The third kappa shape index (κ3) is 2.96. The lowest BCUT2D eigenvalue weighted by atomic mass is 9.92. The molecular weight excluding hydrogens is 339 g/mol. The van der Waals surface area contributed by atoms with Gasteiger partial charge >= 0.3 is 6.03 Å². The molecule has 0 bridgehead atoms. The zero-order chi connectivity index (χ0) is 18.9. The van der Waals surface area contributed by atoms with E-state index in [4.69, 9.17) is 9.47 Å². The molecule has 0 saturated carbocycles. The number of halogens is 1. The molecule has 1 fully saturated rings. The zero-order valence-electron chi connectivity index (χ0n) is 14.7. The van der Waals surface area contributed by atoms with Crippen LogP contribution in [0.4, 0.5) is 9.18 Å². The van der Waals surface area contributed by atoms with Gasteiger partial charge in [0.1, 0.15) is 22.9 Å². The van der Waals surface area contributed by atoms with Crippen LogP contribution in [-0.4, -0.2) is 31.1 Å². The Morgan fingerprint density at radius 1 is 1.08 bits per heavy atom. The van der Waals surface area contributed by atoms with E-state index in [0.717, 1.165) is 4.90 Å². The van der Waals surface area contributed by atoms with Crippen molar-refractivity contribution in [3.8, 4) is 11.5 Å². The molecule has 0 aliphatic carbocycles. The summed E-state index contributed by atoms with van der Waals surface area (Å²) in [6.45, 7) is 1.55. The van der Waals surface area contributed by atoms with Gasteiger partial charge in [0.25, 0.3) is 5.91 Å². The van der Waals surface area contributed by atoms with Gasteiger partial charge in [0.2, 0.25) is 0 Å². The van der Waals surface area contributed by atoms with Gasteiger partial charge in [-0.15, -0.1) is 0 Å². The second-order valence-electron chi connectivity index (χ2n) is 6.13. The monoisotopic (exact) mass is 358 g/mol. The Hall–Kier alpha value is -3.09. The van der Waals surface area contributed by atoms with E-state index in [1.165, 1.54) is 25.3 Å². The molecule has 6 nitrogen and oxygen atoms in total. The molecule has 1 unspecified atom stereocenters. The molecule has 7 heteroatoms. The van der Waals surface area contributed by atoms with E-state index < -0.39 is 23.3 Å². The molecule has 3 amide bonds. The molecule has 1 aliphatic rings. The van der Waals surface area contributed by atoms with Crippen molar-refractivity contribution in [2.75, 3.05) is 14.2 Å². The molecule has 2 aromatic carbocycles. The molecule has 2 aromatic rings. The summed E-state index contributed by atoms with van der Waals surface area (Å²) in [5.41, 5.74) is -0.162. The predicted octanol–water partition coefficient (Wildman–Crippen LogP) is 2.81. The van der Waals surface area contributed by atoms with Crippen molar-refractivity contribution < 1.29 is 23.5 Å². The largest absolute Gasteiger partial charge is 0.497 e. The number of carbonyl (C=O) groups is 2. The van der Waals surface area contributed by atoms with Crippen molar-refractivity contribution in [3.63, 3.8) is 0 Å². The van der Waals surface area contributed by atoms with Gasteiger partial charge in [-0.25, -0.2) is 9.18 Å². The molecule has 1 atom stereocenters. The first-order chi connectivity index (χ1) is 12.4. The second-order valence-corrected chi connectivity index (χ2v) is 6.13. The average molecular weight is 358 g/mol. The van der Waals surface area contributed by atoms with E-state index in [1.54, 1.807) is 38.3 Å². The Morgan fingerprint density at radius 2 is 1.77 bits per heavy atom. The number of ether oxygens (including phenoxy) is 2. The quantitative estimate of drug-likeness (QED) is 0.835. The Kier molecular flexibility index (Phi) is 4.54. The first-order valence-electron chi connectivity index (χ1n) is 8.00. The van der Waals surface area contributed by atoms with Crippen LogP contribution in [0.5, 0.6) is 11.5 Å². The normalized spacial score (nSPS) is 19.5. The first-order valence-corrected chi connectivity index (χ1v) is 8.00. The number of hydrogen-bond acceptors (Lipinski definition) is 4. The molecule has 0 spiro atoms. The lowest BCUT2D eigenvalue weighted by molar-refractivity contribution is -0.131. The number of benzene rings is 2. The van der Waals surface area contributed by atoms with Crippen LogP contribution in [0.25, 0.3) is 0 Å². The van der Waals surface area contributed by atoms with Gasteiger partial charge in [-0.3, -0.25) is 9.69 Å². The van der Waals surface area contributed by atoms with Gasteiger partial charge < -0.3 is 14.8 Å². The maximum atomic E-state index is 13.6. The number of nitrogens with zero attached hydrogens (tertiary/aromatic N) is 1. The number of hydrogen-bond donors (Lipinski definition) is 1. The van der Waals surface area contributed by atoms with Gasteiger partial charge in [-0.05, 0) is 42.8 Å². The Bertz CT molecular complexity index is 853. The minimum Gasteiger partial charge on any atom is -0.497 e. The summed E-state index contributed by atoms with van der Waals surface area (Å²) >= 11 is 0. The summed E-state index contributed by atoms with van der Waals surface area (Å²) < 4.78 is 23.9. The fourth-order valence-corrected chi connectivity index (χ4v) is 3.00. The van der Waals surface area contributed by atoms with E-state index >= 15 is 0 Å². The molecule has 1 saturated heterocycles. The highest BCUT2D eigenvalue weighted by Crippen LogP contribution is 2.32. The fourth-order valence-electron chi connectivity index (χ4n) is 3.00. The van der Waals surface area contributed by atoms with Gasteiger partial charge in [-0.1, -0.05) is 12.1 Å². The minimum absolute atomic E-state index is 0.0860. The van der Waals surface area contributed by atoms with Crippen molar-refractivity contribution in [1.82, 2.24) is 10.2 Å². The van der Waals surface area contributed by atoms with Crippen LogP contribution in [0.3, 0.4) is 0 Å². The van der Waals surface area contributed by atoms with Gasteiger partial charge in [0.15, 0.2) is 0 Å². The summed E-state index contributed by atoms with van der Waals surface area (Å²) in [5, 5.41) is 2.72. The first kappa shape index (κ1) is 17.7. The SMILES string of the molecule is COc1ccc(C2(C)NC(=O)N(Cc3cc(F)ccc3OC)C2=O)cc1. The Labute approximate surface area is 150 Å². The number of rotatable bonds is 5. The summed E-state index contributed by atoms with van der Waals surface area (Å²) in [4.78, 5) is 26.4. The number of carbonyl (C=O) groups excluding carboxylic acids is 2. The van der Waals surface area contributed by atoms with Gasteiger partial charge in [0, 0.05) is 5.56 Å². The molecule has 136 valence electrons. The number of methoxy groups -OCH3 is 2.